The monoisotopic (exact) mass is 305 g/mol. The lowest BCUT2D eigenvalue weighted by Crippen LogP contribution is -2.46. The van der Waals surface area contributed by atoms with Gasteiger partial charge in [0.05, 0.1) is 17.0 Å². The molecule has 1 rings (SSSR count). The van der Waals surface area contributed by atoms with Crippen molar-refractivity contribution in [3.05, 3.63) is 29.8 Å². The lowest BCUT2D eigenvalue weighted by Gasteiger charge is -2.24. The van der Waals surface area contributed by atoms with Crippen molar-refractivity contribution in [3.63, 3.8) is 0 Å². The molecule has 0 aliphatic rings. The van der Waals surface area contributed by atoms with E-state index < -0.39 is 15.6 Å². The van der Waals surface area contributed by atoms with Gasteiger partial charge in [0.15, 0.2) is 0 Å². The number of rotatable bonds is 7. The van der Waals surface area contributed by atoms with Crippen molar-refractivity contribution in [2.45, 2.75) is 30.7 Å². The molecule has 4 nitrogen and oxygen atoms in total. The van der Waals surface area contributed by atoms with Crippen molar-refractivity contribution in [3.8, 4) is 0 Å². The number of alkyl halides is 1. The summed E-state index contributed by atoms with van der Waals surface area (Å²) < 4.78 is 32.0. The number of hydrogen-bond acceptors (Lipinski definition) is 3. The second kappa shape index (κ2) is 6.70. The van der Waals surface area contributed by atoms with Crippen LogP contribution in [0.3, 0.4) is 0 Å². The average molecular weight is 306 g/mol. The number of sulfonamides is 1. The fraction of sp³-hybridized carbons (Fsp3) is 0.538. The standard InChI is InChI=1S/C13H20ClNO3S/c1-13(2,10-18-3)15-19(16,17)12-6-4-11(5-7-12)8-9-14/h4-7,15H,8-10H2,1-3H3. The maximum atomic E-state index is 12.2. The first-order valence-corrected chi connectivity index (χ1v) is 8.00. The van der Waals surface area contributed by atoms with E-state index in [1.165, 1.54) is 7.11 Å². The number of halogens is 1. The predicted octanol–water partition coefficient (Wildman–Crippen LogP) is 2.17. The maximum absolute atomic E-state index is 12.2. The molecule has 1 aromatic carbocycles. The topological polar surface area (TPSA) is 55.4 Å². The van der Waals surface area contributed by atoms with E-state index in [1.807, 2.05) is 0 Å². The Hall–Kier alpha value is -0.620. The Morgan fingerprint density at radius 2 is 1.84 bits per heavy atom. The third-order valence-electron chi connectivity index (χ3n) is 2.53. The number of ether oxygens (including phenoxy) is 1. The largest absolute Gasteiger partial charge is 0.383 e. The van der Waals surface area contributed by atoms with E-state index in [4.69, 9.17) is 16.3 Å². The second-order valence-corrected chi connectivity index (χ2v) is 7.07. The highest BCUT2D eigenvalue weighted by atomic mass is 35.5. The zero-order valence-corrected chi connectivity index (χ0v) is 13.0. The average Bonchev–Trinajstić information content (AvgIpc) is 2.28. The first-order valence-electron chi connectivity index (χ1n) is 5.98. The van der Waals surface area contributed by atoms with Crippen LogP contribution in [-0.4, -0.2) is 33.6 Å². The molecule has 0 aliphatic carbocycles. The molecule has 108 valence electrons. The molecule has 0 saturated heterocycles. The zero-order valence-electron chi connectivity index (χ0n) is 11.4. The van der Waals surface area contributed by atoms with Crippen molar-refractivity contribution in [1.82, 2.24) is 4.72 Å². The van der Waals surface area contributed by atoms with Gasteiger partial charge in [0.1, 0.15) is 0 Å². The van der Waals surface area contributed by atoms with Gasteiger partial charge in [0.25, 0.3) is 0 Å². The molecule has 0 fully saturated rings. The molecule has 0 heterocycles. The van der Waals surface area contributed by atoms with E-state index in [1.54, 1.807) is 38.1 Å². The fourth-order valence-corrected chi connectivity index (χ4v) is 3.37. The third-order valence-corrected chi connectivity index (χ3v) is 4.44. The summed E-state index contributed by atoms with van der Waals surface area (Å²) in [5.41, 5.74) is 0.368. The summed E-state index contributed by atoms with van der Waals surface area (Å²) in [6.07, 6.45) is 0.727. The van der Waals surface area contributed by atoms with Crippen molar-refractivity contribution in [2.75, 3.05) is 19.6 Å². The van der Waals surface area contributed by atoms with Crippen LogP contribution in [0.5, 0.6) is 0 Å². The van der Waals surface area contributed by atoms with Crippen LogP contribution in [0, 0.1) is 0 Å². The van der Waals surface area contributed by atoms with E-state index >= 15 is 0 Å². The number of benzene rings is 1. The van der Waals surface area contributed by atoms with Gasteiger partial charge in [-0.15, -0.1) is 11.6 Å². The van der Waals surface area contributed by atoms with Gasteiger partial charge in [-0.25, -0.2) is 13.1 Å². The molecule has 6 heteroatoms. The summed E-state index contributed by atoms with van der Waals surface area (Å²) in [5.74, 6) is 0.519. The molecule has 0 amide bonds. The third kappa shape index (κ3) is 5.10. The molecule has 1 N–H and O–H groups in total. The molecule has 0 atom stereocenters. The summed E-state index contributed by atoms with van der Waals surface area (Å²) in [4.78, 5) is 0.245. The highest BCUT2D eigenvalue weighted by molar-refractivity contribution is 7.89. The fourth-order valence-electron chi connectivity index (χ4n) is 1.76. The summed E-state index contributed by atoms with van der Waals surface area (Å²) in [5, 5.41) is 0. The molecule has 0 radical (unpaired) electrons. The summed E-state index contributed by atoms with van der Waals surface area (Å²) in [6, 6.07) is 6.74. The van der Waals surface area contributed by atoms with Gasteiger partial charge in [-0.05, 0) is 38.0 Å². The molecule has 0 aliphatic heterocycles. The minimum absolute atomic E-state index is 0.245. The van der Waals surface area contributed by atoms with Gasteiger partial charge in [-0.1, -0.05) is 12.1 Å². The van der Waals surface area contributed by atoms with Crippen LogP contribution in [0.4, 0.5) is 0 Å². The summed E-state index contributed by atoms with van der Waals surface area (Å²) in [7, 11) is -2.00. The Morgan fingerprint density at radius 3 is 2.32 bits per heavy atom. The van der Waals surface area contributed by atoms with Gasteiger partial charge >= 0.3 is 0 Å². The van der Waals surface area contributed by atoms with Crippen molar-refractivity contribution < 1.29 is 13.2 Å². The molecular weight excluding hydrogens is 286 g/mol. The molecule has 1 aromatic rings. The van der Waals surface area contributed by atoms with Gasteiger partial charge in [-0.2, -0.15) is 0 Å². The van der Waals surface area contributed by atoms with Crippen LogP contribution in [0.1, 0.15) is 19.4 Å². The Balaban J connectivity index is 2.88. The minimum atomic E-state index is -3.53. The normalized spacial score (nSPS) is 12.6. The maximum Gasteiger partial charge on any atom is 0.241 e. The SMILES string of the molecule is COCC(C)(C)NS(=O)(=O)c1ccc(CCCl)cc1. The Labute approximate surface area is 120 Å². The zero-order chi connectivity index (χ0) is 14.5. The highest BCUT2D eigenvalue weighted by Gasteiger charge is 2.26. The van der Waals surface area contributed by atoms with Crippen LogP contribution >= 0.6 is 11.6 Å². The number of methoxy groups -OCH3 is 1. The van der Waals surface area contributed by atoms with Crippen molar-refractivity contribution >= 4 is 21.6 Å². The molecular formula is C13H20ClNO3S. The van der Waals surface area contributed by atoms with E-state index in [9.17, 15) is 8.42 Å². The van der Waals surface area contributed by atoms with E-state index in [2.05, 4.69) is 4.72 Å². The lowest BCUT2D eigenvalue weighted by atomic mass is 10.1. The molecule has 0 unspecified atom stereocenters. The Bertz CT molecular complexity index is 497. The van der Waals surface area contributed by atoms with Crippen LogP contribution in [0.15, 0.2) is 29.2 Å². The number of hydrogen-bond donors (Lipinski definition) is 1. The van der Waals surface area contributed by atoms with Gasteiger partial charge in [-0.3, -0.25) is 0 Å². The van der Waals surface area contributed by atoms with Gasteiger partial charge in [0, 0.05) is 13.0 Å². The molecule has 0 saturated carbocycles. The number of nitrogens with one attached hydrogen (secondary N) is 1. The molecule has 0 aromatic heterocycles. The van der Waals surface area contributed by atoms with E-state index in [0.29, 0.717) is 12.5 Å². The van der Waals surface area contributed by atoms with Crippen molar-refractivity contribution in [1.29, 1.82) is 0 Å². The second-order valence-electron chi connectivity index (χ2n) is 5.01. The van der Waals surface area contributed by atoms with Gasteiger partial charge < -0.3 is 4.74 Å². The Kier molecular flexibility index (Phi) is 5.80. The summed E-state index contributed by atoms with van der Waals surface area (Å²) >= 11 is 5.64. The molecule has 0 spiro atoms. The summed E-state index contributed by atoms with van der Waals surface area (Å²) in [6.45, 7) is 3.85. The predicted molar refractivity (Wildman–Crippen MR) is 77.1 cm³/mol. The van der Waals surface area contributed by atoms with Crippen LogP contribution in [-0.2, 0) is 21.2 Å². The number of aryl methyl sites for hydroxylation is 1. The lowest BCUT2D eigenvalue weighted by molar-refractivity contribution is 0.141. The molecule has 0 bridgehead atoms. The van der Waals surface area contributed by atoms with E-state index in [-0.39, 0.29) is 4.90 Å². The smallest absolute Gasteiger partial charge is 0.241 e. The molecule has 19 heavy (non-hydrogen) atoms. The van der Waals surface area contributed by atoms with Crippen LogP contribution in [0.2, 0.25) is 0 Å². The van der Waals surface area contributed by atoms with E-state index in [0.717, 1.165) is 12.0 Å². The quantitative estimate of drug-likeness (QED) is 0.786. The van der Waals surface area contributed by atoms with Crippen LogP contribution < -0.4 is 4.72 Å². The first kappa shape index (κ1) is 16.4. The van der Waals surface area contributed by atoms with Crippen LogP contribution in [0.25, 0.3) is 0 Å². The van der Waals surface area contributed by atoms with Gasteiger partial charge in [0.2, 0.25) is 10.0 Å². The Morgan fingerprint density at radius 1 is 1.26 bits per heavy atom. The minimum Gasteiger partial charge on any atom is -0.383 e. The first-order chi connectivity index (χ1) is 8.80. The van der Waals surface area contributed by atoms with Crippen molar-refractivity contribution in [2.24, 2.45) is 0 Å². The highest BCUT2D eigenvalue weighted by Crippen LogP contribution is 2.15.